The van der Waals surface area contributed by atoms with Crippen LogP contribution in [0, 0.1) is 6.92 Å². The predicted octanol–water partition coefficient (Wildman–Crippen LogP) is 0.950. The van der Waals surface area contributed by atoms with E-state index in [9.17, 15) is 14.4 Å². The molecule has 8 nitrogen and oxygen atoms in total. The Balaban J connectivity index is 2.10. The second kappa shape index (κ2) is 5.54. The lowest BCUT2D eigenvalue weighted by Crippen LogP contribution is -2.65. The second-order valence-electron chi connectivity index (χ2n) is 6.34. The minimum atomic E-state index is -0.794. The molecule has 24 heavy (non-hydrogen) atoms. The van der Waals surface area contributed by atoms with Crippen LogP contribution in [0.4, 0.5) is 10.7 Å². The second-order valence-corrected chi connectivity index (χ2v) is 6.34. The number of carbonyl (C=O) groups excluding carboxylic acids is 3. The number of rotatable bonds is 4. The van der Waals surface area contributed by atoms with Gasteiger partial charge < -0.3 is 0 Å². The molecule has 2 aliphatic heterocycles. The number of hydrogen-bond acceptors (Lipinski definition) is 4. The molecule has 1 aromatic heterocycles. The molecule has 0 saturated carbocycles. The van der Waals surface area contributed by atoms with Gasteiger partial charge in [0.1, 0.15) is 11.9 Å². The fourth-order valence-electron chi connectivity index (χ4n) is 3.23. The van der Waals surface area contributed by atoms with Gasteiger partial charge in [-0.05, 0) is 27.2 Å². The van der Waals surface area contributed by atoms with Crippen LogP contribution >= 0.6 is 0 Å². The largest absolute Gasteiger partial charge is 0.401 e. The Morgan fingerprint density at radius 2 is 2.08 bits per heavy atom. The topological polar surface area (TPSA) is 78.9 Å². The number of fused-ring (bicyclic) bond motifs is 3. The third-order valence-electron chi connectivity index (χ3n) is 4.69. The van der Waals surface area contributed by atoms with Gasteiger partial charge in [-0.2, -0.15) is 0 Å². The van der Waals surface area contributed by atoms with Crippen LogP contribution in [0.1, 0.15) is 38.9 Å². The van der Waals surface area contributed by atoms with Crippen molar-refractivity contribution < 1.29 is 19.0 Å². The molecule has 0 bridgehead atoms. The van der Waals surface area contributed by atoms with Crippen molar-refractivity contribution in [3.05, 3.63) is 11.9 Å². The molecule has 3 amide bonds. The summed E-state index contributed by atoms with van der Waals surface area (Å²) in [6.45, 7) is 7.78. The maximum atomic E-state index is 13.0. The number of nitrogens with zero attached hydrogens (tertiary/aromatic N) is 5. The van der Waals surface area contributed by atoms with Crippen LogP contribution in [0.25, 0.3) is 0 Å². The normalized spacial score (nSPS) is 20.9. The van der Waals surface area contributed by atoms with Gasteiger partial charge in [0, 0.05) is 7.05 Å². The highest BCUT2D eigenvalue weighted by molar-refractivity contribution is 6.20. The summed E-state index contributed by atoms with van der Waals surface area (Å²) in [4.78, 5) is 44.2. The first kappa shape index (κ1) is 16.4. The SMILES string of the molecule is CCCn1c(C)c[n+]2c1N=C1C2C(=O)N(C(C)C(C)=O)C(=O)N1C. The Morgan fingerprint density at radius 3 is 2.67 bits per heavy atom. The van der Waals surface area contributed by atoms with Gasteiger partial charge in [0.15, 0.2) is 5.78 Å². The van der Waals surface area contributed by atoms with Crippen LogP contribution < -0.4 is 4.57 Å². The number of carbonyl (C=O) groups is 3. The molecule has 3 heterocycles. The van der Waals surface area contributed by atoms with Crippen molar-refractivity contribution in [2.45, 2.75) is 52.7 Å². The highest BCUT2D eigenvalue weighted by Gasteiger charge is 2.54. The number of ketones is 1. The van der Waals surface area contributed by atoms with Crippen LogP contribution in [-0.4, -0.2) is 51.0 Å². The van der Waals surface area contributed by atoms with Gasteiger partial charge >= 0.3 is 12.0 Å². The molecular weight excluding hydrogens is 310 g/mol. The summed E-state index contributed by atoms with van der Waals surface area (Å²) in [7, 11) is 1.59. The summed E-state index contributed by atoms with van der Waals surface area (Å²) in [5, 5.41) is 0. The van der Waals surface area contributed by atoms with Crippen LogP contribution in [0.15, 0.2) is 11.2 Å². The summed E-state index contributed by atoms with van der Waals surface area (Å²) < 4.78 is 3.83. The molecule has 2 aliphatic rings. The van der Waals surface area contributed by atoms with Gasteiger partial charge in [0.2, 0.25) is 11.9 Å². The molecule has 0 radical (unpaired) electrons. The molecule has 2 unspecified atom stereocenters. The Labute approximate surface area is 140 Å². The molecule has 0 spiro atoms. The van der Waals surface area contributed by atoms with E-state index in [1.807, 2.05) is 17.7 Å². The lowest BCUT2D eigenvalue weighted by molar-refractivity contribution is -0.677. The maximum absolute atomic E-state index is 13.0. The van der Waals surface area contributed by atoms with E-state index < -0.39 is 24.0 Å². The summed E-state index contributed by atoms with van der Waals surface area (Å²) in [5.74, 6) is 0.446. The molecule has 8 heteroatoms. The van der Waals surface area contributed by atoms with E-state index in [0.29, 0.717) is 11.8 Å². The van der Waals surface area contributed by atoms with Crippen LogP contribution in [0.2, 0.25) is 0 Å². The summed E-state index contributed by atoms with van der Waals surface area (Å²) in [5.41, 5.74) is 1.01. The average Bonchev–Trinajstić information content (AvgIpc) is 3.02. The van der Waals surface area contributed by atoms with Gasteiger partial charge in [0.05, 0.1) is 12.6 Å². The molecule has 1 saturated heterocycles. The highest BCUT2D eigenvalue weighted by atomic mass is 16.2. The number of Topliss-reactive ketones (excluding diaryl/α,β-unsaturated/α-hetero) is 1. The van der Waals surface area contributed by atoms with Gasteiger partial charge in [-0.1, -0.05) is 11.9 Å². The zero-order valence-corrected chi connectivity index (χ0v) is 14.6. The average molecular weight is 332 g/mol. The van der Waals surface area contributed by atoms with Gasteiger partial charge in [-0.3, -0.25) is 14.5 Å². The fourth-order valence-corrected chi connectivity index (χ4v) is 3.23. The number of hydrogen-bond donors (Lipinski definition) is 0. The van der Waals surface area contributed by atoms with Crippen molar-refractivity contribution in [2.24, 2.45) is 4.99 Å². The van der Waals surface area contributed by atoms with E-state index in [-0.39, 0.29) is 5.78 Å². The lowest BCUT2D eigenvalue weighted by atomic mass is 10.1. The number of aromatic nitrogens is 2. The van der Waals surface area contributed by atoms with Crippen molar-refractivity contribution >= 4 is 29.5 Å². The van der Waals surface area contributed by atoms with Crippen molar-refractivity contribution in [1.29, 1.82) is 0 Å². The predicted molar refractivity (Wildman–Crippen MR) is 85.9 cm³/mol. The fraction of sp³-hybridized carbons (Fsp3) is 0.562. The molecule has 1 aromatic rings. The molecule has 0 N–H and O–H groups in total. The monoisotopic (exact) mass is 332 g/mol. The molecule has 3 rings (SSSR count). The van der Waals surface area contributed by atoms with Crippen LogP contribution in [-0.2, 0) is 16.1 Å². The number of urea groups is 1. The first-order valence-corrected chi connectivity index (χ1v) is 8.10. The number of amides is 3. The molecule has 2 atom stereocenters. The number of likely N-dealkylation sites (N-methyl/N-ethyl adjacent to an activating group) is 1. The van der Waals surface area contributed by atoms with Crippen molar-refractivity contribution in [3.63, 3.8) is 0 Å². The van der Waals surface area contributed by atoms with E-state index >= 15 is 0 Å². The van der Waals surface area contributed by atoms with Gasteiger partial charge in [-0.15, -0.1) is 0 Å². The number of amidine groups is 1. The van der Waals surface area contributed by atoms with E-state index in [1.54, 1.807) is 18.5 Å². The molecular formula is C16H22N5O3+. The third kappa shape index (κ3) is 2.09. The Morgan fingerprint density at radius 1 is 1.42 bits per heavy atom. The van der Waals surface area contributed by atoms with Crippen molar-refractivity contribution in [2.75, 3.05) is 7.05 Å². The quantitative estimate of drug-likeness (QED) is 0.770. The molecule has 128 valence electrons. The lowest BCUT2D eigenvalue weighted by Gasteiger charge is -2.35. The highest BCUT2D eigenvalue weighted by Crippen LogP contribution is 2.30. The summed E-state index contributed by atoms with van der Waals surface area (Å²) in [6, 6.07) is -2.00. The Hall–Kier alpha value is -2.51. The third-order valence-corrected chi connectivity index (χ3v) is 4.69. The van der Waals surface area contributed by atoms with Gasteiger partial charge in [0.25, 0.3) is 5.91 Å². The van der Waals surface area contributed by atoms with E-state index in [1.165, 1.54) is 11.8 Å². The maximum Gasteiger partial charge on any atom is 0.401 e. The molecule has 0 aliphatic carbocycles. The minimum Gasteiger partial charge on any atom is -0.298 e. The van der Waals surface area contributed by atoms with Crippen LogP contribution in [0.3, 0.4) is 0 Å². The first-order valence-electron chi connectivity index (χ1n) is 8.10. The van der Waals surface area contributed by atoms with Gasteiger partial charge in [-0.25, -0.2) is 18.8 Å². The Bertz CT molecular complexity index is 779. The van der Waals surface area contributed by atoms with E-state index in [2.05, 4.69) is 11.9 Å². The zero-order valence-electron chi connectivity index (χ0n) is 14.6. The molecule has 1 fully saturated rings. The van der Waals surface area contributed by atoms with E-state index in [0.717, 1.165) is 23.6 Å². The smallest absolute Gasteiger partial charge is 0.298 e. The van der Waals surface area contributed by atoms with Crippen molar-refractivity contribution in [3.8, 4) is 0 Å². The minimum absolute atomic E-state index is 0.228. The standard InChI is InChI=1S/C16H22N5O3/c1-6-7-19-9(2)8-20-12-13(17-15(19)20)18(5)16(24)21(14(12)23)10(3)11(4)22/h8,10,12H,6-7H2,1-5H3/q+1. The molecule has 0 aromatic carbocycles. The number of imide groups is 1. The van der Waals surface area contributed by atoms with E-state index in [4.69, 9.17) is 0 Å². The van der Waals surface area contributed by atoms with Crippen LogP contribution in [0.5, 0.6) is 0 Å². The number of aryl methyl sites for hydroxylation is 1. The Kier molecular flexibility index (Phi) is 3.77. The zero-order chi connectivity index (χ0) is 17.8. The summed E-state index contributed by atoms with van der Waals surface area (Å²) in [6.07, 6.45) is 2.82. The van der Waals surface area contributed by atoms with Crippen molar-refractivity contribution in [1.82, 2.24) is 14.4 Å². The number of imidazole rings is 1. The first-order chi connectivity index (χ1) is 11.3. The summed E-state index contributed by atoms with van der Waals surface area (Å²) >= 11 is 0. The number of aliphatic imine (C=N–C) groups is 1.